The van der Waals surface area contributed by atoms with E-state index in [9.17, 15) is 4.79 Å². The van der Waals surface area contributed by atoms with Crippen molar-refractivity contribution in [3.05, 3.63) is 101 Å². The summed E-state index contributed by atoms with van der Waals surface area (Å²) < 4.78 is 0. The molecule has 126 valence electrons. The minimum atomic E-state index is -0.258. The van der Waals surface area contributed by atoms with Crippen LogP contribution in [0.4, 0.5) is 5.69 Å². The van der Waals surface area contributed by atoms with Gasteiger partial charge in [0.25, 0.3) is 0 Å². The molecule has 0 fully saturated rings. The molecule has 5 rings (SSSR count). The predicted octanol–water partition coefficient (Wildman–Crippen LogP) is 4.46. The molecule has 0 radical (unpaired) electrons. The van der Waals surface area contributed by atoms with Gasteiger partial charge in [-0.2, -0.15) is 0 Å². The van der Waals surface area contributed by atoms with Crippen molar-refractivity contribution in [1.29, 1.82) is 0 Å². The molecule has 1 aliphatic heterocycles. The first kappa shape index (κ1) is 15.2. The van der Waals surface area contributed by atoms with Gasteiger partial charge in [-0.3, -0.25) is 9.79 Å². The van der Waals surface area contributed by atoms with Gasteiger partial charge in [-0.15, -0.1) is 0 Å². The SMILES string of the molecule is O=C1c2ccccc2C2=Nc3ccccc3C(NCc3ccccc3)C12. The number of carbonyl (C=O) groups excluding carboxylic acids is 1. The number of hydrogen-bond donors (Lipinski definition) is 1. The molecule has 1 N–H and O–H groups in total. The zero-order valence-corrected chi connectivity index (χ0v) is 14.2. The Balaban J connectivity index is 1.58. The molecule has 3 nitrogen and oxygen atoms in total. The molecule has 2 unspecified atom stereocenters. The summed E-state index contributed by atoms with van der Waals surface area (Å²) in [4.78, 5) is 18.0. The molecule has 0 saturated heterocycles. The van der Waals surface area contributed by atoms with Gasteiger partial charge in [0.1, 0.15) is 0 Å². The summed E-state index contributed by atoms with van der Waals surface area (Å²) in [5.74, 6) is -0.0922. The van der Waals surface area contributed by atoms with Crippen molar-refractivity contribution in [2.24, 2.45) is 10.9 Å². The molecule has 1 aliphatic carbocycles. The van der Waals surface area contributed by atoms with Crippen LogP contribution in [-0.2, 0) is 6.54 Å². The summed E-state index contributed by atoms with van der Waals surface area (Å²) in [5, 5.41) is 3.63. The number of nitrogens with one attached hydrogen (secondary N) is 1. The van der Waals surface area contributed by atoms with E-state index in [4.69, 9.17) is 4.99 Å². The third kappa shape index (κ3) is 2.32. The lowest BCUT2D eigenvalue weighted by Crippen LogP contribution is -2.36. The number of para-hydroxylation sites is 1. The van der Waals surface area contributed by atoms with Gasteiger partial charge in [-0.25, -0.2) is 0 Å². The van der Waals surface area contributed by atoms with Gasteiger partial charge in [0.15, 0.2) is 5.78 Å². The van der Waals surface area contributed by atoms with E-state index in [2.05, 4.69) is 23.5 Å². The fourth-order valence-corrected chi connectivity index (χ4v) is 4.03. The molecule has 2 aliphatic rings. The second-order valence-corrected chi connectivity index (χ2v) is 6.79. The van der Waals surface area contributed by atoms with Gasteiger partial charge in [-0.1, -0.05) is 72.8 Å². The van der Waals surface area contributed by atoms with E-state index in [1.165, 1.54) is 5.56 Å². The zero-order chi connectivity index (χ0) is 17.5. The Morgan fingerprint density at radius 2 is 1.50 bits per heavy atom. The summed E-state index contributed by atoms with van der Waals surface area (Å²) in [6.07, 6.45) is 0. The van der Waals surface area contributed by atoms with E-state index >= 15 is 0 Å². The maximum absolute atomic E-state index is 13.1. The average molecular weight is 338 g/mol. The summed E-state index contributed by atoms with van der Waals surface area (Å²) in [7, 11) is 0. The van der Waals surface area contributed by atoms with E-state index < -0.39 is 0 Å². The first-order valence-electron chi connectivity index (χ1n) is 8.91. The number of fused-ring (bicyclic) bond motifs is 4. The lowest BCUT2D eigenvalue weighted by atomic mass is 9.85. The summed E-state index contributed by atoms with van der Waals surface area (Å²) in [6.45, 7) is 0.716. The summed E-state index contributed by atoms with van der Waals surface area (Å²) >= 11 is 0. The van der Waals surface area contributed by atoms with Crippen LogP contribution in [0.25, 0.3) is 0 Å². The van der Waals surface area contributed by atoms with Crippen molar-refractivity contribution in [3.8, 4) is 0 Å². The van der Waals surface area contributed by atoms with Crippen molar-refractivity contribution in [2.75, 3.05) is 0 Å². The van der Waals surface area contributed by atoms with Crippen LogP contribution in [0.2, 0.25) is 0 Å². The van der Waals surface area contributed by atoms with Crippen LogP contribution in [-0.4, -0.2) is 11.5 Å². The number of carbonyl (C=O) groups is 1. The number of Topliss-reactive ketones (excluding diaryl/α,β-unsaturated/α-hetero) is 1. The van der Waals surface area contributed by atoms with E-state index in [0.29, 0.717) is 6.54 Å². The molecule has 0 aromatic heterocycles. The lowest BCUT2D eigenvalue weighted by Gasteiger charge is -2.30. The van der Waals surface area contributed by atoms with Crippen LogP contribution in [0.5, 0.6) is 0 Å². The molecule has 0 spiro atoms. The minimum absolute atomic E-state index is 0.0705. The Morgan fingerprint density at radius 3 is 2.35 bits per heavy atom. The van der Waals surface area contributed by atoms with Crippen molar-refractivity contribution in [2.45, 2.75) is 12.6 Å². The normalized spacial score (nSPS) is 20.2. The first-order valence-corrected chi connectivity index (χ1v) is 8.91. The highest BCUT2D eigenvalue weighted by atomic mass is 16.1. The van der Waals surface area contributed by atoms with Crippen LogP contribution >= 0.6 is 0 Å². The van der Waals surface area contributed by atoms with Crippen molar-refractivity contribution in [3.63, 3.8) is 0 Å². The first-order chi connectivity index (χ1) is 12.8. The Morgan fingerprint density at radius 1 is 0.808 bits per heavy atom. The topological polar surface area (TPSA) is 41.5 Å². The van der Waals surface area contributed by atoms with Gasteiger partial charge < -0.3 is 5.32 Å². The predicted molar refractivity (Wildman–Crippen MR) is 103 cm³/mol. The smallest absolute Gasteiger partial charge is 0.174 e. The molecule has 0 amide bonds. The Bertz CT molecular complexity index is 1020. The quantitative estimate of drug-likeness (QED) is 0.766. The fourth-order valence-electron chi connectivity index (χ4n) is 4.03. The third-order valence-electron chi connectivity index (χ3n) is 5.26. The lowest BCUT2D eigenvalue weighted by molar-refractivity contribution is 0.0940. The van der Waals surface area contributed by atoms with Gasteiger partial charge in [-0.05, 0) is 17.2 Å². The molecule has 1 heterocycles. The monoisotopic (exact) mass is 338 g/mol. The highest BCUT2D eigenvalue weighted by Crippen LogP contribution is 2.43. The highest BCUT2D eigenvalue weighted by Gasteiger charge is 2.44. The van der Waals surface area contributed by atoms with E-state index in [1.807, 2.05) is 60.7 Å². The van der Waals surface area contributed by atoms with Gasteiger partial charge >= 0.3 is 0 Å². The number of hydrogen-bond acceptors (Lipinski definition) is 3. The van der Waals surface area contributed by atoms with E-state index in [1.54, 1.807) is 0 Å². The van der Waals surface area contributed by atoms with Crippen molar-refractivity contribution >= 4 is 17.2 Å². The molecule has 0 bridgehead atoms. The Labute approximate surface area is 152 Å². The van der Waals surface area contributed by atoms with Crippen LogP contribution < -0.4 is 5.32 Å². The summed E-state index contributed by atoms with van der Waals surface area (Å²) in [6, 6.07) is 26.2. The molecular formula is C23H18N2O. The Kier molecular flexibility index (Phi) is 3.54. The maximum Gasteiger partial charge on any atom is 0.174 e. The average Bonchev–Trinajstić information content (AvgIpc) is 2.99. The second-order valence-electron chi connectivity index (χ2n) is 6.79. The maximum atomic E-state index is 13.1. The molecule has 3 aromatic rings. The van der Waals surface area contributed by atoms with Gasteiger partial charge in [0.05, 0.1) is 23.4 Å². The number of benzene rings is 3. The molecule has 26 heavy (non-hydrogen) atoms. The number of rotatable bonds is 3. The van der Waals surface area contributed by atoms with Gasteiger partial charge in [0.2, 0.25) is 0 Å². The minimum Gasteiger partial charge on any atom is -0.305 e. The highest BCUT2D eigenvalue weighted by molar-refractivity contribution is 6.29. The summed E-state index contributed by atoms with van der Waals surface area (Å²) in [5.41, 5.74) is 5.91. The molecule has 2 atom stereocenters. The number of aliphatic imine (C=N–C) groups is 1. The standard InChI is InChI=1S/C23H18N2O/c26-23-17-11-5-4-10-16(17)22-20(23)21(18-12-6-7-13-19(18)25-22)24-14-15-8-2-1-3-9-15/h1-13,20-21,24H,14H2. The van der Waals surface area contributed by atoms with Crippen molar-refractivity contribution in [1.82, 2.24) is 5.32 Å². The number of ketones is 1. The number of nitrogens with zero attached hydrogens (tertiary/aromatic N) is 1. The molecular weight excluding hydrogens is 320 g/mol. The van der Waals surface area contributed by atoms with Crippen LogP contribution in [0, 0.1) is 5.92 Å². The zero-order valence-electron chi connectivity index (χ0n) is 14.2. The molecule has 0 saturated carbocycles. The molecule has 3 heteroatoms. The fraction of sp³-hybridized carbons (Fsp3) is 0.130. The van der Waals surface area contributed by atoms with Crippen LogP contribution in [0.15, 0.2) is 83.9 Å². The van der Waals surface area contributed by atoms with Crippen LogP contribution in [0.3, 0.4) is 0 Å². The largest absolute Gasteiger partial charge is 0.305 e. The van der Waals surface area contributed by atoms with E-state index in [-0.39, 0.29) is 17.7 Å². The van der Waals surface area contributed by atoms with Crippen LogP contribution in [0.1, 0.15) is 33.1 Å². The molecule has 3 aromatic carbocycles. The second kappa shape index (κ2) is 6.04. The third-order valence-corrected chi connectivity index (χ3v) is 5.26. The Hall–Kier alpha value is -3.04. The van der Waals surface area contributed by atoms with Gasteiger partial charge in [0, 0.05) is 17.7 Å². The van der Waals surface area contributed by atoms with E-state index in [0.717, 1.165) is 28.1 Å². The van der Waals surface area contributed by atoms with Crippen molar-refractivity contribution < 1.29 is 4.79 Å².